The lowest BCUT2D eigenvalue weighted by Gasteiger charge is -2.31. The number of piperazine rings is 1. The molecule has 2 heterocycles. The number of amides is 2. The Morgan fingerprint density at radius 2 is 1.66 bits per heavy atom. The molecule has 1 aromatic heterocycles. The maximum atomic E-state index is 13.1. The molecule has 0 spiro atoms. The van der Waals surface area contributed by atoms with Gasteiger partial charge in [0.15, 0.2) is 5.76 Å². The van der Waals surface area contributed by atoms with Gasteiger partial charge in [-0.05, 0) is 61.6 Å². The molecule has 0 unspecified atom stereocenters. The average molecular weight is 499 g/mol. The zero-order valence-corrected chi connectivity index (χ0v) is 20.2. The van der Waals surface area contributed by atoms with Crippen LogP contribution >= 0.6 is 0 Å². The Morgan fingerprint density at radius 1 is 0.943 bits per heavy atom. The van der Waals surface area contributed by atoms with E-state index in [-0.39, 0.29) is 16.3 Å². The summed E-state index contributed by atoms with van der Waals surface area (Å²) in [5.74, 6) is -0.361. The fourth-order valence-corrected chi connectivity index (χ4v) is 5.07. The molecule has 1 fully saturated rings. The van der Waals surface area contributed by atoms with Crippen molar-refractivity contribution in [1.29, 1.82) is 0 Å². The maximum Gasteiger partial charge on any atom is 0.291 e. The van der Waals surface area contributed by atoms with Crippen LogP contribution in [0.25, 0.3) is 0 Å². The Bertz CT molecular complexity index is 1300. The number of ether oxygens (including phenoxy) is 1. The molecule has 2 amide bonds. The number of sulfonamides is 1. The Hall–Kier alpha value is -3.67. The summed E-state index contributed by atoms with van der Waals surface area (Å²) in [5.41, 5.74) is 1.04. The second-order valence-electron chi connectivity index (χ2n) is 8.03. The van der Waals surface area contributed by atoms with Gasteiger partial charge < -0.3 is 24.7 Å². The standard InChI is InChI=1S/C24H26N4O6S/c1-27-11-13-28(14-12-27)35(31,32)19-9-10-21(33-2)20(16-19)26-23(29)17-5-7-18(8-6-17)25-24(30)22-4-3-15-34-22/h3-10,15-16H,11-14H2,1-2H3,(H,25,30)(H,26,29). The summed E-state index contributed by atoms with van der Waals surface area (Å²) < 4.78 is 38.1. The first-order valence-electron chi connectivity index (χ1n) is 10.9. The predicted octanol–water partition coefficient (Wildman–Crippen LogP) is 2.73. The first kappa shape index (κ1) is 24.5. The zero-order chi connectivity index (χ0) is 25.0. The van der Waals surface area contributed by atoms with Gasteiger partial charge in [0, 0.05) is 37.4 Å². The van der Waals surface area contributed by atoms with Crippen molar-refractivity contribution in [3.05, 3.63) is 72.2 Å². The van der Waals surface area contributed by atoms with Gasteiger partial charge in [0.05, 0.1) is 24.0 Å². The summed E-state index contributed by atoms with van der Waals surface area (Å²) in [7, 11) is -0.328. The first-order chi connectivity index (χ1) is 16.8. The van der Waals surface area contributed by atoms with Crippen LogP contribution in [0.2, 0.25) is 0 Å². The van der Waals surface area contributed by atoms with Gasteiger partial charge in [-0.3, -0.25) is 9.59 Å². The van der Waals surface area contributed by atoms with Crippen molar-refractivity contribution < 1.29 is 27.2 Å². The lowest BCUT2D eigenvalue weighted by Crippen LogP contribution is -2.47. The van der Waals surface area contributed by atoms with E-state index in [4.69, 9.17) is 9.15 Å². The minimum Gasteiger partial charge on any atom is -0.495 e. The number of benzene rings is 2. The molecule has 0 saturated carbocycles. The summed E-state index contributed by atoms with van der Waals surface area (Å²) in [6.07, 6.45) is 1.40. The van der Waals surface area contributed by atoms with Crippen LogP contribution in [0.5, 0.6) is 5.75 Å². The summed E-state index contributed by atoms with van der Waals surface area (Å²) >= 11 is 0. The summed E-state index contributed by atoms with van der Waals surface area (Å²) in [6.45, 7) is 2.10. The molecule has 0 radical (unpaired) electrons. The van der Waals surface area contributed by atoms with Gasteiger partial charge in [0.2, 0.25) is 10.0 Å². The highest BCUT2D eigenvalue weighted by Gasteiger charge is 2.28. The molecule has 2 N–H and O–H groups in total. The van der Waals surface area contributed by atoms with Crippen LogP contribution in [0.15, 0.2) is 70.2 Å². The number of hydrogen-bond acceptors (Lipinski definition) is 7. The highest BCUT2D eigenvalue weighted by atomic mass is 32.2. The van der Waals surface area contributed by atoms with Gasteiger partial charge in [0.1, 0.15) is 5.75 Å². The van der Waals surface area contributed by atoms with Crippen molar-refractivity contribution in [2.24, 2.45) is 0 Å². The van der Waals surface area contributed by atoms with Crippen LogP contribution in [0.4, 0.5) is 11.4 Å². The molecule has 11 heteroatoms. The monoisotopic (exact) mass is 498 g/mol. The van der Waals surface area contributed by atoms with Gasteiger partial charge in [0.25, 0.3) is 11.8 Å². The maximum absolute atomic E-state index is 13.1. The Labute approximate surface area is 203 Å². The number of hydrogen-bond donors (Lipinski definition) is 2. The van der Waals surface area contributed by atoms with Crippen LogP contribution < -0.4 is 15.4 Å². The summed E-state index contributed by atoms with van der Waals surface area (Å²) in [5, 5.41) is 5.40. The second kappa shape index (κ2) is 10.3. The molecule has 1 saturated heterocycles. The van der Waals surface area contributed by atoms with Gasteiger partial charge in [-0.1, -0.05) is 0 Å². The van der Waals surface area contributed by atoms with Gasteiger partial charge in [-0.25, -0.2) is 8.42 Å². The molecule has 1 aliphatic heterocycles. The number of anilines is 2. The Kier molecular flexibility index (Phi) is 7.20. The van der Waals surface area contributed by atoms with Crippen molar-refractivity contribution in [3.8, 4) is 5.75 Å². The van der Waals surface area contributed by atoms with Crippen LogP contribution in [-0.2, 0) is 10.0 Å². The number of rotatable bonds is 7. The Morgan fingerprint density at radius 3 is 2.29 bits per heavy atom. The molecule has 184 valence electrons. The van der Waals surface area contributed by atoms with Crippen molar-refractivity contribution in [2.45, 2.75) is 4.90 Å². The summed E-state index contributed by atoms with van der Waals surface area (Å²) in [6, 6.07) is 13.8. The predicted molar refractivity (Wildman–Crippen MR) is 130 cm³/mol. The topological polar surface area (TPSA) is 121 Å². The van der Waals surface area contributed by atoms with E-state index in [2.05, 4.69) is 15.5 Å². The number of carbonyl (C=O) groups excluding carboxylic acids is 2. The van der Waals surface area contributed by atoms with Gasteiger partial charge in [-0.2, -0.15) is 4.31 Å². The third kappa shape index (κ3) is 5.53. The van der Waals surface area contributed by atoms with Crippen molar-refractivity contribution in [1.82, 2.24) is 9.21 Å². The smallest absolute Gasteiger partial charge is 0.291 e. The van der Waals surface area contributed by atoms with E-state index >= 15 is 0 Å². The van der Waals surface area contributed by atoms with E-state index in [1.54, 1.807) is 36.4 Å². The zero-order valence-electron chi connectivity index (χ0n) is 19.4. The number of likely N-dealkylation sites (N-methyl/N-ethyl adjacent to an activating group) is 1. The molecular formula is C24H26N4O6S. The van der Waals surface area contributed by atoms with Crippen molar-refractivity contribution in [2.75, 3.05) is 51.0 Å². The first-order valence-corrected chi connectivity index (χ1v) is 12.3. The third-order valence-corrected chi connectivity index (χ3v) is 7.56. The lowest BCUT2D eigenvalue weighted by atomic mass is 10.2. The van der Waals surface area contributed by atoms with E-state index in [1.165, 1.54) is 35.9 Å². The van der Waals surface area contributed by atoms with Crippen LogP contribution in [-0.4, -0.2) is 69.8 Å². The fraction of sp³-hybridized carbons (Fsp3) is 0.250. The highest BCUT2D eigenvalue weighted by molar-refractivity contribution is 7.89. The molecule has 0 bridgehead atoms. The van der Waals surface area contributed by atoms with E-state index in [1.807, 2.05) is 7.05 Å². The molecule has 3 aromatic rings. The molecule has 4 rings (SSSR count). The highest BCUT2D eigenvalue weighted by Crippen LogP contribution is 2.30. The van der Waals surface area contributed by atoms with Crippen LogP contribution in [0.1, 0.15) is 20.9 Å². The molecule has 35 heavy (non-hydrogen) atoms. The number of furan rings is 1. The van der Waals surface area contributed by atoms with E-state index in [0.29, 0.717) is 43.2 Å². The molecule has 10 nitrogen and oxygen atoms in total. The Balaban J connectivity index is 1.49. The largest absolute Gasteiger partial charge is 0.495 e. The molecular weight excluding hydrogens is 472 g/mol. The van der Waals surface area contributed by atoms with E-state index < -0.39 is 21.8 Å². The van der Waals surface area contributed by atoms with Crippen LogP contribution in [0.3, 0.4) is 0 Å². The van der Waals surface area contributed by atoms with E-state index in [9.17, 15) is 18.0 Å². The van der Waals surface area contributed by atoms with Gasteiger partial charge in [-0.15, -0.1) is 0 Å². The number of methoxy groups -OCH3 is 1. The summed E-state index contributed by atoms with van der Waals surface area (Å²) in [4.78, 5) is 27.1. The average Bonchev–Trinajstić information content (AvgIpc) is 3.40. The van der Waals surface area contributed by atoms with Crippen molar-refractivity contribution in [3.63, 3.8) is 0 Å². The van der Waals surface area contributed by atoms with Crippen molar-refractivity contribution >= 4 is 33.2 Å². The minimum absolute atomic E-state index is 0.0779. The number of nitrogens with one attached hydrogen (secondary N) is 2. The molecule has 2 aromatic carbocycles. The normalized spacial score (nSPS) is 14.9. The quantitative estimate of drug-likeness (QED) is 0.514. The number of carbonyl (C=O) groups is 2. The SMILES string of the molecule is COc1ccc(S(=O)(=O)N2CCN(C)CC2)cc1NC(=O)c1ccc(NC(=O)c2ccco2)cc1. The lowest BCUT2D eigenvalue weighted by molar-refractivity contribution is 0.0995. The second-order valence-corrected chi connectivity index (χ2v) is 9.97. The van der Waals surface area contributed by atoms with E-state index in [0.717, 1.165) is 0 Å². The minimum atomic E-state index is -3.72. The van der Waals surface area contributed by atoms with Gasteiger partial charge >= 0.3 is 0 Å². The fourth-order valence-electron chi connectivity index (χ4n) is 3.62. The number of nitrogens with zero attached hydrogens (tertiary/aromatic N) is 2. The molecule has 0 aliphatic carbocycles. The molecule has 0 atom stereocenters. The molecule has 1 aliphatic rings. The van der Waals surface area contributed by atoms with Crippen LogP contribution in [0, 0.1) is 0 Å². The third-order valence-electron chi connectivity index (χ3n) is 5.67.